The van der Waals surface area contributed by atoms with Crippen LogP contribution in [-0.4, -0.2) is 19.6 Å². The van der Waals surface area contributed by atoms with Gasteiger partial charge < -0.3 is 0 Å². The van der Waals surface area contributed by atoms with Crippen LogP contribution in [0.25, 0.3) is 0 Å². The van der Waals surface area contributed by atoms with Crippen LogP contribution in [0.5, 0.6) is 0 Å². The first-order chi connectivity index (χ1) is 4.84. The molecule has 0 N–H and O–H groups in total. The molecule has 0 heterocycles. The molecule has 0 atom stereocenters. The summed E-state index contributed by atoms with van der Waals surface area (Å²) in [5, 5.41) is 0. The first kappa shape index (κ1) is 7.52. The van der Waals surface area contributed by atoms with Crippen molar-refractivity contribution in [2.45, 2.75) is 5.82 Å². The van der Waals surface area contributed by atoms with E-state index in [1.807, 2.05) is 36.2 Å². The molecule has 0 saturated heterocycles. The molecule has 1 aromatic rings. The van der Waals surface area contributed by atoms with Gasteiger partial charge in [-0.3, -0.25) is 0 Å². The van der Waals surface area contributed by atoms with Crippen LogP contribution in [0.4, 0.5) is 0 Å². The third kappa shape index (κ3) is 1.69. The Bertz CT molecular complexity index is 218. The molecule has 1 nitrogen and oxygen atoms in total. The minimum atomic E-state index is 0.0986. The standard InChI is InChI=1S/C8H8OSe/c1-10-8(9)7-5-3-2-4-6-7/h2-6H,1H3. The second kappa shape index (κ2) is 3.55. The van der Waals surface area contributed by atoms with Crippen LogP contribution >= 0.6 is 0 Å². The van der Waals surface area contributed by atoms with Gasteiger partial charge in [0.15, 0.2) is 0 Å². The van der Waals surface area contributed by atoms with E-state index < -0.39 is 0 Å². The number of hydrogen-bond donors (Lipinski definition) is 0. The third-order valence-electron chi connectivity index (χ3n) is 1.19. The molecule has 0 aliphatic rings. The zero-order valence-electron chi connectivity index (χ0n) is 5.70. The molecule has 0 radical (unpaired) electrons. The average Bonchev–Trinajstić information content (AvgIpc) is 2.05. The second-order valence-corrected chi connectivity index (χ2v) is 3.49. The molecule has 0 saturated carbocycles. The van der Waals surface area contributed by atoms with Gasteiger partial charge in [0.2, 0.25) is 0 Å². The van der Waals surface area contributed by atoms with Crippen LogP contribution in [0.1, 0.15) is 10.4 Å². The fraction of sp³-hybridized carbons (Fsp3) is 0.125. The fourth-order valence-electron chi connectivity index (χ4n) is 0.692. The summed E-state index contributed by atoms with van der Waals surface area (Å²) in [5.41, 5.74) is 0.838. The van der Waals surface area contributed by atoms with Crippen LogP contribution in [0.15, 0.2) is 30.3 Å². The summed E-state index contributed by atoms with van der Waals surface area (Å²) in [6.07, 6.45) is 0. The summed E-state index contributed by atoms with van der Waals surface area (Å²) in [7, 11) is 0. The normalized spacial score (nSPS) is 9.30. The summed E-state index contributed by atoms with van der Waals surface area (Å²) in [6.45, 7) is 0. The van der Waals surface area contributed by atoms with Crippen LogP contribution in [0.2, 0.25) is 5.82 Å². The van der Waals surface area contributed by atoms with Gasteiger partial charge in [-0.15, -0.1) is 0 Å². The van der Waals surface area contributed by atoms with Gasteiger partial charge in [-0.25, -0.2) is 0 Å². The van der Waals surface area contributed by atoms with Gasteiger partial charge in [0.05, 0.1) is 0 Å². The number of rotatable bonds is 2. The predicted molar refractivity (Wildman–Crippen MR) is 42.4 cm³/mol. The van der Waals surface area contributed by atoms with Crippen molar-refractivity contribution in [2.24, 2.45) is 0 Å². The third-order valence-corrected chi connectivity index (χ3v) is 2.47. The maximum atomic E-state index is 11.0. The molecule has 0 aliphatic heterocycles. The molecule has 10 heavy (non-hydrogen) atoms. The Kier molecular flexibility index (Phi) is 2.67. The van der Waals surface area contributed by atoms with E-state index in [0.717, 1.165) is 5.56 Å². The molecule has 0 aliphatic carbocycles. The van der Waals surface area contributed by atoms with Crippen molar-refractivity contribution in [1.82, 2.24) is 0 Å². The second-order valence-electron chi connectivity index (χ2n) is 1.86. The topological polar surface area (TPSA) is 17.1 Å². The van der Waals surface area contributed by atoms with Gasteiger partial charge >= 0.3 is 66.2 Å². The van der Waals surface area contributed by atoms with Crippen LogP contribution < -0.4 is 0 Å². The zero-order chi connectivity index (χ0) is 7.40. The number of carbonyl (C=O) groups excluding carboxylic acids is 1. The molecule has 0 spiro atoms. The fourth-order valence-corrected chi connectivity index (χ4v) is 1.47. The van der Waals surface area contributed by atoms with E-state index in [2.05, 4.69) is 0 Å². The maximum absolute atomic E-state index is 11.0. The van der Waals surface area contributed by atoms with Gasteiger partial charge in [-0.1, -0.05) is 0 Å². The monoisotopic (exact) mass is 200 g/mol. The summed E-state index contributed by atoms with van der Waals surface area (Å²) in [6, 6.07) is 9.40. The Hall–Kier alpha value is -0.591. The van der Waals surface area contributed by atoms with Gasteiger partial charge in [-0.2, -0.15) is 0 Å². The van der Waals surface area contributed by atoms with E-state index in [1.54, 1.807) is 0 Å². The molecular weight excluding hydrogens is 191 g/mol. The van der Waals surface area contributed by atoms with Crippen molar-refractivity contribution in [2.75, 3.05) is 0 Å². The summed E-state index contributed by atoms with van der Waals surface area (Å²) in [5.74, 6) is 1.93. The number of benzene rings is 1. The average molecular weight is 199 g/mol. The zero-order valence-corrected chi connectivity index (χ0v) is 7.42. The van der Waals surface area contributed by atoms with Crippen LogP contribution in [-0.2, 0) is 0 Å². The van der Waals surface area contributed by atoms with Gasteiger partial charge in [0.25, 0.3) is 0 Å². The van der Waals surface area contributed by atoms with Crippen molar-refractivity contribution < 1.29 is 4.79 Å². The Morgan fingerprint density at radius 3 is 2.40 bits per heavy atom. The number of hydrogen-bond acceptors (Lipinski definition) is 1. The Balaban J connectivity index is 2.85. The SMILES string of the molecule is C[Se]C(=O)c1ccccc1. The molecule has 0 amide bonds. The summed E-state index contributed by atoms with van der Waals surface area (Å²) in [4.78, 5) is 11.0. The molecule has 0 unspecified atom stereocenters. The van der Waals surface area contributed by atoms with E-state index in [0.29, 0.717) is 0 Å². The van der Waals surface area contributed by atoms with Gasteiger partial charge in [-0.05, 0) is 0 Å². The van der Waals surface area contributed by atoms with Crippen molar-refractivity contribution in [1.29, 1.82) is 0 Å². The Morgan fingerprint density at radius 2 is 1.90 bits per heavy atom. The molecule has 0 aromatic heterocycles. The van der Waals surface area contributed by atoms with E-state index in [4.69, 9.17) is 0 Å². The molecule has 0 fully saturated rings. The quantitative estimate of drug-likeness (QED) is 0.661. The first-order valence-electron chi connectivity index (χ1n) is 2.98. The summed E-state index contributed by atoms with van der Waals surface area (Å²) >= 11 is 0.0986. The predicted octanol–water partition coefficient (Wildman–Crippen LogP) is 1.58. The van der Waals surface area contributed by atoms with Crippen molar-refractivity contribution in [3.8, 4) is 0 Å². The van der Waals surface area contributed by atoms with Gasteiger partial charge in [0, 0.05) is 0 Å². The molecule has 0 bridgehead atoms. The number of carbonyl (C=O) groups is 1. The van der Waals surface area contributed by atoms with Crippen LogP contribution in [0, 0.1) is 0 Å². The molecule has 1 aromatic carbocycles. The molecule has 52 valence electrons. The van der Waals surface area contributed by atoms with E-state index in [-0.39, 0.29) is 19.6 Å². The Morgan fingerprint density at radius 1 is 1.30 bits per heavy atom. The van der Waals surface area contributed by atoms with E-state index in [1.165, 1.54) is 0 Å². The van der Waals surface area contributed by atoms with E-state index >= 15 is 0 Å². The van der Waals surface area contributed by atoms with Crippen molar-refractivity contribution in [3.05, 3.63) is 35.9 Å². The summed E-state index contributed by atoms with van der Waals surface area (Å²) < 4.78 is 0.271. The Labute approximate surface area is 66.6 Å². The minimum absolute atomic E-state index is 0.0986. The first-order valence-corrected chi connectivity index (χ1v) is 5.55. The van der Waals surface area contributed by atoms with E-state index in [9.17, 15) is 4.79 Å². The van der Waals surface area contributed by atoms with Crippen molar-refractivity contribution in [3.63, 3.8) is 0 Å². The van der Waals surface area contributed by atoms with Crippen molar-refractivity contribution >= 4 is 19.6 Å². The molecule has 2 heteroatoms. The van der Waals surface area contributed by atoms with Crippen LogP contribution in [0.3, 0.4) is 0 Å². The van der Waals surface area contributed by atoms with Gasteiger partial charge in [0.1, 0.15) is 0 Å². The molecular formula is C8H8OSe. The molecule has 1 rings (SSSR count).